The lowest BCUT2D eigenvalue weighted by Crippen LogP contribution is -2.51. The molecule has 0 bridgehead atoms. The van der Waals surface area contributed by atoms with E-state index < -0.39 is 0 Å². The normalized spacial score (nSPS) is 21.5. The lowest BCUT2D eigenvalue weighted by molar-refractivity contribution is -0.128. The number of hydrogen-bond acceptors (Lipinski definition) is 3. The zero-order chi connectivity index (χ0) is 12.8. The standard InChI is InChI=1S/C13H19N3O/c1-5-7-10(3)12(6-2)15-16-9-8-14-13(17)11(16)4/h5-7,11H,2-3,8-9H2,1,4H3,(H,14,17)/b7-5-,15-12+. The number of nitrogens with zero attached hydrogens (tertiary/aromatic N) is 2. The van der Waals surface area contributed by atoms with E-state index in [0.717, 1.165) is 5.57 Å². The SMILES string of the molecule is C=C/C(=N\N1CCNC(=O)C1C)C(=C)/C=C\C. The minimum atomic E-state index is -0.253. The van der Waals surface area contributed by atoms with Crippen molar-refractivity contribution in [3.63, 3.8) is 0 Å². The summed E-state index contributed by atoms with van der Waals surface area (Å²) in [6, 6.07) is -0.253. The van der Waals surface area contributed by atoms with E-state index in [0.29, 0.717) is 18.8 Å². The highest BCUT2D eigenvalue weighted by Crippen LogP contribution is 2.08. The summed E-state index contributed by atoms with van der Waals surface area (Å²) in [5.74, 6) is 0.0000538. The fourth-order valence-corrected chi connectivity index (χ4v) is 1.57. The van der Waals surface area contributed by atoms with Crippen LogP contribution in [0, 0.1) is 0 Å². The molecule has 1 aliphatic rings. The summed E-state index contributed by atoms with van der Waals surface area (Å²) in [6.45, 7) is 12.7. The Morgan fingerprint density at radius 1 is 1.65 bits per heavy atom. The summed E-state index contributed by atoms with van der Waals surface area (Å²) in [5, 5.41) is 8.99. The van der Waals surface area contributed by atoms with Crippen molar-refractivity contribution in [2.24, 2.45) is 5.10 Å². The highest BCUT2D eigenvalue weighted by molar-refractivity contribution is 6.09. The summed E-state index contributed by atoms with van der Waals surface area (Å²) in [6.07, 6.45) is 5.42. The van der Waals surface area contributed by atoms with Crippen molar-refractivity contribution >= 4 is 11.6 Å². The van der Waals surface area contributed by atoms with E-state index in [1.807, 2.05) is 26.0 Å². The van der Waals surface area contributed by atoms with Crippen LogP contribution >= 0.6 is 0 Å². The Morgan fingerprint density at radius 3 is 2.94 bits per heavy atom. The Bertz CT molecular complexity index is 382. The predicted molar refractivity (Wildman–Crippen MR) is 70.8 cm³/mol. The van der Waals surface area contributed by atoms with Gasteiger partial charge < -0.3 is 5.32 Å². The molecule has 1 fully saturated rings. The van der Waals surface area contributed by atoms with E-state index in [4.69, 9.17) is 0 Å². The van der Waals surface area contributed by atoms with E-state index in [1.165, 1.54) is 0 Å². The molecule has 1 aliphatic heterocycles. The van der Waals surface area contributed by atoms with Crippen LogP contribution in [0.2, 0.25) is 0 Å². The topological polar surface area (TPSA) is 44.7 Å². The lowest BCUT2D eigenvalue weighted by atomic mass is 10.1. The van der Waals surface area contributed by atoms with E-state index in [-0.39, 0.29) is 11.9 Å². The molecule has 1 atom stereocenters. The first-order valence-corrected chi connectivity index (χ1v) is 5.67. The Balaban J connectivity index is 2.87. The zero-order valence-corrected chi connectivity index (χ0v) is 10.4. The summed E-state index contributed by atoms with van der Waals surface area (Å²) < 4.78 is 0. The van der Waals surface area contributed by atoms with Crippen molar-refractivity contribution in [2.75, 3.05) is 13.1 Å². The van der Waals surface area contributed by atoms with Gasteiger partial charge >= 0.3 is 0 Å². The number of hydrogen-bond donors (Lipinski definition) is 1. The molecule has 1 amide bonds. The van der Waals surface area contributed by atoms with E-state index in [1.54, 1.807) is 11.1 Å². The summed E-state index contributed by atoms with van der Waals surface area (Å²) in [4.78, 5) is 11.5. The minimum absolute atomic E-state index is 0.0000538. The van der Waals surface area contributed by atoms with E-state index in [9.17, 15) is 4.79 Å². The number of carbonyl (C=O) groups excluding carboxylic acids is 1. The molecule has 1 N–H and O–H groups in total. The molecular weight excluding hydrogens is 214 g/mol. The molecular formula is C13H19N3O. The number of hydrazone groups is 1. The number of nitrogens with one attached hydrogen (secondary N) is 1. The first kappa shape index (κ1) is 13.2. The first-order valence-electron chi connectivity index (χ1n) is 5.67. The third kappa shape index (κ3) is 3.31. The van der Waals surface area contributed by atoms with Crippen LogP contribution in [0.5, 0.6) is 0 Å². The van der Waals surface area contributed by atoms with Gasteiger partial charge in [0.25, 0.3) is 0 Å². The van der Waals surface area contributed by atoms with Gasteiger partial charge in [-0.25, -0.2) is 0 Å². The van der Waals surface area contributed by atoms with Crippen molar-refractivity contribution in [3.8, 4) is 0 Å². The van der Waals surface area contributed by atoms with Gasteiger partial charge in [0.05, 0.1) is 12.3 Å². The van der Waals surface area contributed by atoms with Gasteiger partial charge in [-0.1, -0.05) is 25.3 Å². The molecule has 0 radical (unpaired) electrons. The first-order chi connectivity index (χ1) is 8.10. The summed E-state index contributed by atoms with van der Waals surface area (Å²) >= 11 is 0. The maximum Gasteiger partial charge on any atom is 0.244 e. The monoisotopic (exact) mass is 233 g/mol. The van der Waals surface area contributed by atoms with Gasteiger partial charge in [-0.2, -0.15) is 5.10 Å². The average molecular weight is 233 g/mol. The van der Waals surface area contributed by atoms with Crippen LogP contribution in [0.15, 0.2) is 42.1 Å². The Labute approximate surface area is 102 Å². The molecule has 92 valence electrons. The van der Waals surface area contributed by atoms with E-state index >= 15 is 0 Å². The van der Waals surface area contributed by atoms with Crippen LogP contribution in [-0.4, -0.2) is 35.8 Å². The molecule has 4 nitrogen and oxygen atoms in total. The lowest BCUT2D eigenvalue weighted by Gasteiger charge is -2.30. The average Bonchev–Trinajstić information content (AvgIpc) is 2.31. The van der Waals surface area contributed by atoms with Gasteiger partial charge in [0.2, 0.25) is 5.91 Å². The van der Waals surface area contributed by atoms with Gasteiger partial charge in [0, 0.05) is 6.54 Å². The third-order valence-corrected chi connectivity index (χ3v) is 2.59. The van der Waals surface area contributed by atoms with Crippen LogP contribution in [0.4, 0.5) is 0 Å². The highest BCUT2D eigenvalue weighted by atomic mass is 16.2. The van der Waals surface area contributed by atoms with Gasteiger partial charge in [-0.15, -0.1) is 0 Å². The van der Waals surface area contributed by atoms with Crippen LogP contribution in [0.3, 0.4) is 0 Å². The van der Waals surface area contributed by atoms with Crippen molar-refractivity contribution < 1.29 is 4.79 Å². The third-order valence-electron chi connectivity index (χ3n) is 2.59. The molecule has 1 heterocycles. The van der Waals surface area contributed by atoms with Gasteiger partial charge in [0.15, 0.2) is 0 Å². The minimum Gasteiger partial charge on any atom is -0.352 e. The Morgan fingerprint density at radius 2 is 2.35 bits per heavy atom. The van der Waals surface area contributed by atoms with Crippen LogP contribution < -0.4 is 5.32 Å². The fourth-order valence-electron chi connectivity index (χ4n) is 1.57. The molecule has 1 rings (SSSR count). The molecule has 0 aliphatic carbocycles. The maximum atomic E-state index is 11.5. The van der Waals surface area contributed by atoms with Gasteiger partial charge in [0.1, 0.15) is 6.04 Å². The molecule has 0 spiro atoms. The van der Waals surface area contributed by atoms with Crippen LogP contribution in [-0.2, 0) is 4.79 Å². The van der Waals surface area contributed by atoms with Crippen molar-refractivity contribution in [1.29, 1.82) is 0 Å². The molecule has 1 saturated heterocycles. The second-order valence-corrected chi connectivity index (χ2v) is 3.84. The van der Waals surface area contributed by atoms with E-state index in [2.05, 4.69) is 23.6 Å². The molecule has 0 aromatic rings. The number of carbonyl (C=O) groups is 1. The molecule has 17 heavy (non-hydrogen) atoms. The highest BCUT2D eigenvalue weighted by Gasteiger charge is 2.24. The number of amides is 1. The molecule has 1 unspecified atom stereocenters. The maximum absolute atomic E-state index is 11.5. The summed E-state index contributed by atoms with van der Waals surface area (Å²) in [7, 11) is 0. The Hall–Kier alpha value is -1.84. The number of rotatable bonds is 4. The summed E-state index contributed by atoms with van der Waals surface area (Å²) in [5.41, 5.74) is 1.49. The smallest absolute Gasteiger partial charge is 0.244 e. The van der Waals surface area contributed by atoms with Gasteiger partial charge in [-0.05, 0) is 25.5 Å². The fraction of sp³-hybridized carbons (Fsp3) is 0.385. The Kier molecular flexibility index (Phi) is 4.69. The molecule has 0 saturated carbocycles. The second kappa shape index (κ2) is 6.03. The van der Waals surface area contributed by atoms with Crippen LogP contribution in [0.1, 0.15) is 13.8 Å². The molecule has 0 aromatic heterocycles. The number of allylic oxidation sites excluding steroid dienone is 4. The predicted octanol–water partition coefficient (Wildman–Crippen LogP) is 1.48. The molecule has 0 aromatic carbocycles. The van der Waals surface area contributed by atoms with Crippen LogP contribution in [0.25, 0.3) is 0 Å². The largest absolute Gasteiger partial charge is 0.352 e. The zero-order valence-electron chi connectivity index (χ0n) is 10.4. The van der Waals surface area contributed by atoms with Crippen molar-refractivity contribution in [3.05, 3.63) is 37.0 Å². The van der Waals surface area contributed by atoms with Crippen molar-refractivity contribution in [2.45, 2.75) is 19.9 Å². The molecule has 4 heteroatoms. The number of piperazine rings is 1. The second-order valence-electron chi connectivity index (χ2n) is 3.84. The van der Waals surface area contributed by atoms with Gasteiger partial charge in [-0.3, -0.25) is 9.80 Å². The van der Waals surface area contributed by atoms with Crippen molar-refractivity contribution in [1.82, 2.24) is 10.3 Å². The quantitative estimate of drug-likeness (QED) is 0.590.